The molecule has 1 saturated heterocycles. The molecule has 0 aliphatic carbocycles. The number of anilines is 1. The zero-order chi connectivity index (χ0) is 12.4. The van der Waals surface area contributed by atoms with Crippen molar-refractivity contribution >= 4 is 33.7 Å². The highest BCUT2D eigenvalue weighted by Gasteiger charge is 2.25. The van der Waals surface area contributed by atoms with Gasteiger partial charge in [-0.05, 0) is 24.6 Å². The van der Waals surface area contributed by atoms with E-state index >= 15 is 0 Å². The number of rotatable bonds is 2. The van der Waals surface area contributed by atoms with Gasteiger partial charge in [-0.15, -0.1) is 0 Å². The minimum absolute atomic E-state index is 0.0817. The molecule has 2 rings (SSSR count). The van der Waals surface area contributed by atoms with Gasteiger partial charge < -0.3 is 9.84 Å². The Morgan fingerprint density at radius 3 is 2.88 bits per heavy atom. The van der Waals surface area contributed by atoms with Crippen molar-refractivity contribution in [2.75, 3.05) is 18.1 Å². The summed E-state index contributed by atoms with van der Waals surface area (Å²) in [5.74, 6) is -1.07. The molecule has 1 fully saturated rings. The summed E-state index contributed by atoms with van der Waals surface area (Å²) < 4.78 is 5.55. The van der Waals surface area contributed by atoms with E-state index in [0.717, 1.165) is 0 Å². The van der Waals surface area contributed by atoms with Gasteiger partial charge in [0.05, 0.1) is 17.9 Å². The predicted molar refractivity (Wildman–Crippen MR) is 64.4 cm³/mol. The first-order valence-electron chi connectivity index (χ1n) is 5.07. The van der Waals surface area contributed by atoms with E-state index in [2.05, 4.69) is 15.9 Å². The van der Waals surface area contributed by atoms with E-state index in [1.807, 2.05) is 0 Å². The molecule has 1 heterocycles. The number of ether oxygens (including phenoxy) is 1. The van der Waals surface area contributed by atoms with Crippen molar-refractivity contribution in [1.29, 1.82) is 0 Å². The monoisotopic (exact) mass is 299 g/mol. The lowest BCUT2D eigenvalue weighted by atomic mass is 10.1. The van der Waals surface area contributed by atoms with Crippen molar-refractivity contribution in [2.45, 2.75) is 6.42 Å². The van der Waals surface area contributed by atoms with Crippen LogP contribution in [-0.4, -0.2) is 30.3 Å². The molecule has 90 valence electrons. The standard InChI is InChI=1S/C11H10BrNO4/c12-7-2-3-9(8(6-7)10(14)15)13-4-1-5-17-11(13)16/h2-3,6H,1,4-5H2,(H,14,15). The number of benzene rings is 1. The summed E-state index contributed by atoms with van der Waals surface area (Å²) in [6.45, 7) is 0.856. The van der Waals surface area contributed by atoms with E-state index in [9.17, 15) is 9.59 Å². The Kier molecular flexibility index (Phi) is 3.33. The Bertz CT molecular complexity index is 475. The Balaban J connectivity index is 2.43. The summed E-state index contributed by atoms with van der Waals surface area (Å²) in [5.41, 5.74) is 0.448. The molecule has 0 unspecified atom stereocenters. The highest BCUT2D eigenvalue weighted by Crippen LogP contribution is 2.26. The SMILES string of the molecule is O=C(O)c1cc(Br)ccc1N1CCCOC1=O. The number of carbonyl (C=O) groups excluding carboxylic acids is 1. The second kappa shape index (κ2) is 4.75. The molecule has 0 bridgehead atoms. The zero-order valence-corrected chi connectivity index (χ0v) is 10.4. The number of carboxylic acid groups (broad SMARTS) is 1. The maximum atomic E-state index is 11.6. The minimum atomic E-state index is -1.07. The van der Waals surface area contributed by atoms with E-state index in [-0.39, 0.29) is 5.56 Å². The van der Waals surface area contributed by atoms with Crippen LogP contribution in [0.5, 0.6) is 0 Å². The van der Waals surface area contributed by atoms with Crippen molar-refractivity contribution < 1.29 is 19.4 Å². The highest BCUT2D eigenvalue weighted by atomic mass is 79.9. The van der Waals surface area contributed by atoms with Crippen molar-refractivity contribution in [2.24, 2.45) is 0 Å². The van der Waals surface area contributed by atoms with Crippen LogP contribution >= 0.6 is 15.9 Å². The molecule has 1 aromatic carbocycles. The van der Waals surface area contributed by atoms with Gasteiger partial charge in [-0.1, -0.05) is 15.9 Å². The van der Waals surface area contributed by atoms with Gasteiger partial charge in [0.15, 0.2) is 0 Å². The average molecular weight is 300 g/mol. The third kappa shape index (κ3) is 2.41. The van der Waals surface area contributed by atoms with Gasteiger partial charge in [-0.25, -0.2) is 9.59 Å². The fraction of sp³-hybridized carbons (Fsp3) is 0.273. The highest BCUT2D eigenvalue weighted by molar-refractivity contribution is 9.10. The van der Waals surface area contributed by atoms with Crippen LogP contribution < -0.4 is 4.90 Å². The predicted octanol–water partition coefficient (Wildman–Crippen LogP) is 2.49. The van der Waals surface area contributed by atoms with Crippen molar-refractivity contribution in [3.63, 3.8) is 0 Å². The number of amides is 1. The second-order valence-electron chi connectivity index (χ2n) is 3.59. The Hall–Kier alpha value is -1.56. The first-order chi connectivity index (χ1) is 8.09. The van der Waals surface area contributed by atoms with Crippen LogP contribution in [0, 0.1) is 0 Å². The number of aromatic carboxylic acids is 1. The molecule has 1 aliphatic rings. The molecule has 1 N–H and O–H groups in total. The summed E-state index contributed by atoms with van der Waals surface area (Å²) in [5, 5.41) is 9.11. The summed E-state index contributed by atoms with van der Waals surface area (Å²) in [7, 11) is 0. The van der Waals surface area contributed by atoms with Crippen LogP contribution in [0.2, 0.25) is 0 Å². The fourth-order valence-corrected chi connectivity index (χ4v) is 2.05. The number of carbonyl (C=O) groups is 2. The molecular formula is C11H10BrNO4. The molecule has 0 spiro atoms. The van der Waals surface area contributed by atoms with Gasteiger partial charge in [-0.3, -0.25) is 4.90 Å². The lowest BCUT2D eigenvalue weighted by molar-refractivity contribution is 0.0697. The maximum absolute atomic E-state index is 11.6. The molecular weight excluding hydrogens is 290 g/mol. The number of halogens is 1. The summed E-state index contributed by atoms with van der Waals surface area (Å²) in [6, 6.07) is 4.77. The van der Waals surface area contributed by atoms with E-state index in [4.69, 9.17) is 9.84 Å². The Morgan fingerprint density at radius 2 is 2.24 bits per heavy atom. The average Bonchev–Trinajstić information content (AvgIpc) is 2.30. The number of carboxylic acids is 1. The van der Waals surface area contributed by atoms with E-state index < -0.39 is 12.1 Å². The fourth-order valence-electron chi connectivity index (χ4n) is 1.69. The Labute approximate surface area is 106 Å². The molecule has 0 radical (unpaired) electrons. The topological polar surface area (TPSA) is 66.8 Å². The summed E-state index contributed by atoms with van der Waals surface area (Å²) >= 11 is 3.21. The van der Waals surface area contributed by atoms with Crippen molar-refractivity contribution in [3.05, 3.63) is 28.2 Å². The largest absolute Gasteiger partial charge is 0.478 e. The molecule has 1 aliphatic heterocycles. The van der Waals surface area contributed by atoms with E-state index in [1.54, 1.807) is 12.1 Å². The Morgan fingerprint density at radius 1 is 1.47 bits per heavy atom. The molecule has 17 heavy (non-hydrogen) atoms. The second-order valence-corrected chi connectivity index (χ2v) is 4.50. The first-order valence-corrected chi connectivity index (χ1v) is 5.86. The summed E-state index contributed by atoms with van der Waals surface area (Å²) in [4.78, 5) is 24.0. The van der Waals surface area contributed by atoms with Crippen LogP contribution in [0.4, 0.5) is 10.5 Å². The third-order valence-corrected chi connectivity index (χ3v) is 2.95. The maximum Gasteiger partial charge on any atom is 0.414 e. The van der Waals surface area contributed by atoms with E-state index in [1.165, 1.54) is 11.0 Å². The van der Waals surface area contributed by atoms with E-state index in [0.29, 0.717) is 29.7 Å². The number of hydrogen-bond donors (Lipinski definition) is 1. The van der Waals surface area contributed by atoms with Crippen molar-refractivity contribution in [1.82, 2.24) is 0 Å². The van der Waals surface area contributed by atoms with Gasteiger partial charge in [0.25, 0.3) is 0 Å². The molecule has 0 atom stereocenters. The minimum Gasteiger partial charge on any atom is -0.478 e. The molecule has 6 heteroatoms. The van der Waals surface area contributed by atoms with Gasteiger partial charge in [0, 0.05) is 11.0 Å². The lowest BCUT2D eigenvalue weighted by Gasteiger charge is -2.27. The van der Waals surface area contributed by atoms with Crippen molar-refractivity contribution in [3.8, 4) is 0 Å². The number of nitrogens with zero attached hydrogens (tertiary/aromatic N) is 1. The molecule has 1 aromatic rings. The molecule has 0 saturated carbocycles. The first kappa shape index (κ1) is 11.9. The molecule has 1 amide bonds. The van der Waals surface area contributed by atoms with Gasteiger partial charge in [-0.2, -0.15) is 0 Å². The van der Waals surface area contributed by atoms with Gasteiger partial charge in [0.1, 0.15) is 0 Å². The zero-order valence-electron chi connectivity index (χ0n) is 8.85. The van der Waals surface area contributed by atoms with Crippen LogP contribution in [0.25, 0.3) is 0 Å². The van der Waals surface area contributed by atoms with Gasteiger partial charge >= 0.3 is 12.1 Å². The smallest absolute Gasteiger partial charge is 0.414 e. The number of hydrogen-bond acceptors (Lipinski definition) is 3. The number of cyclic esters (lactones) is 1. The quantitative estimate of drug-likeness (QED) is 0.911. The third-order valence-electron chi connectivity index (χ3n) is 2.45. The van der Waals surface area contributed by atoms with Crippen LogP contribution in [0.1, 0.15) is 16.8 Å². The van der Waals surface area contributed by atoms with Crippen LogP contribution in [-0.2, 0) is 4.74 Å². The molecule has 5 nitrogen and oxygen atoms in total. The lowest BCUT2D eigenvalue weighted by Crippen LogP contribution is -2.38. The summed E-state index contributed by atoms with van der Waals surface area (Å²) in [6.07, 6.45) is 0.196. The van der Waals surface area contributed by atoms with Crippen LogP contribution in [0.3, 0.4) is 0 Å². The van der Waals surface area contributed by atoms with Gasteiger partial charge in [0.2, 0.25) is 0 Å². The normalized spacial score (nSPS) is 15.6. The van der Waals surface area contributed by atoms with Crippen LogP contribution in [0.15, 0.2) is 22.7 Å². The molecule has 0 aromatic heterocycles.